The van der Waals surface area contributed by atoms with Crippen LogP contribution in [-0.4, -0.2) is 25.2 Å². The fourth-order valence-corrected chi connectivity index (χ4v) is 2.27. The topological polar surface area (TPSA) is 52.6 Å². The molecule has 0 aliphatic carbocycles. The molecule has 0 fully saturated rings. The van der Waals surface area contributed by atoms with Crippen molar-refractivity contribution in [1.29, 1.82) is 0 Å². The second-order valence-electron chi connectivity index (χ2n) is 4.69. The van der Waals surface area contributed by atoms with E-state index in [9.17, 15) is 9.59 Å². The Morgan fingerprint density at radius 3 is 1.67 bits per heavy atom. The summed E-state index contributed by atoms with van der Waals surface area (Å²) in [6.07, 6.45) is 0. The van der Waals surface area contributed by atoms with E-state index in [4.69, 9.17) is 9.47 Å². The molecule has 0 N–H and O–H groups in total. The van der Waals surface area contributed by atoms with Gasteiger partial charge < -0.3 is 9.47 Å². The minimum absolute atomic E-state index is 0.0783. The number of carbonyl (C=O) groups excluding carboxylic acids is 2. The van der Waals surface area contributed by atoms with Crippen LogP contribution in [0.3, 0.4) is 0 Å². The molecule has 0 heterocycles. The maximum atomic E-state index is 11.9. The van der Waals surface area contributed by atoms with Crippen molar-refractivity contribution in [3.63, 3.8) is 0 Å². The molecular formula is C18H14BrIO4. The van der Waals surface area contributed by atoms with Gasteiger partial charge in [-0.2, -0.15) is 0 Å². The Labute approximate surface area is 162 Å². The van der Waals surface area contributed by atoms with Crippen molar-refractivity contribution in [1.82, 2.24) is 0 Å². The fraction of sp³-hybridized carbons (Fsp3) is 0.111. The average Bonchev–Trinajstić information content (AvgIpc) is 2.64. The second kappa shape index (κ2) is 9.58. The molecule has 6 heteroatoms. The Bertz CT molecular complexity index is 666. The summed E-state index contributed by atoms with van der Waals surface area (Å²) in [4.78, 5) is 23.7. The van der Waals surface area contributed by atoms with E-state index < -0.39 is 11.9 Å². The van der Waals surface area contributed by atoms with E-state index in [1.165, 1.54) is 0 Å². The van der Waals surface area contributed by atoms with Crippen molar-refractivity contribution in [3.8, 4) is 0 Å². The monoisotopic (exact) mass is 500 g/mol. The number of ether oxygens (including phenoxy) is 2. The van der Waals surface area contributed by atoms with Gasteiger partial charge in [0, 0.05) is 8.06 Å². The molecule has 0 bridgehead atoms. The summed E-state index contributed by atoms with van der Waals surface area (Å²) in [5, 5.41) is 0. The van der Waals surface area contributed by atoms with E-state index in [-0.39, 0.29) is 13.2 Å². The summed E-state index contributed by atoms with van der Waals surface area (Å²) in [5.74, 6) is -0.802. The van der Waals surface area contributed by atoms with Gasteiger partial charge in [0.2, 0.25) is 0 Å². The summed E-state index contributed by atoms with van der Waals surface area (Å²) in [6, 6.07) is 17.5. The van der Waals surface area contributed by atoms with Gasteiger partial charge in [0.05, 0.1) is 11.1 Å². The van der Waals surface area contributed by atoms with Crippen molar-refractivity contribution in [2.24, 2.45) is 0 Å². The molecule has 2 rings (SSSR count). The second-order valence-corrected chi connectivity index (χ2v) is 6.95. The van der Waals surface area contributed by atoms with Gasteiger partial charge in [-0.05, 0) is 46.9 Å². The number of hydrogen-bond donors (Lipinski definition) is 0. The smallest absolute Gasteiger partial charge is 0.338 e. The first-order chi connectivity index (χ1) is 11.6. The van der Waals surface area contributed by atoms with Crippen LogP contribution in [0, 0.1) is 0 Å². The minimum atomic E-state index is -0.405. The van der Waals surface area contributed by atoms with Gasteiger partial charge in [0.1, 0.15) is 13.2 Å². The summed E-state index contributed by atoms with van der Waals surface area (Å²) < 4.78 is 11.8. The lowest BCUT2D eigenvalue weighted by Crippen LogP contribution is -2.09. The van der Waals surface area contributed by atoms with E-state index in [1.807, 2.05) is 34.7 Å². The van der Waals surface area contributed by atoms with Crippen LogP contribution in [0.2, 0.25) is 0 Å². The zero-order valence-electron chi connectivity index (χ0n) is 12.6. The summed E-state index contributed by atoms with van der Waals surface area (Å²) in [5.41, 5.74) is 0.983. The summed E-state index contributed by atoms with van der Waals surface area (Å²) in [7, 11) is 0. The first kappa shape index (κ1) is 18.7. The molecule has 0 unspecified atom stereocenters. The van der Waals surface area contributed by atoms with Gasteiger partial charge >= 0.3 is 11.9 Å². The van der Waals surface area contributed by atoms with E-state index in [0.717, 1.165) is 3.58 Å². The Hall–Kier alpha value is -1.67. The highest BCUT2D eigenvalue weighted by molar-refractivity contribution is 14.1. The summed E-state index contributed by atoms with van der Waals surface area (Å²) in [6.45, 7) is 0.187. The highest BCUT2D eigenvalue weighted by atomic mass is 127. The van der Waals surface area contributed by atoms with Crippen LogP contribution in [0.15, 0.2) is 68.7 Å². The first-order valence-corrected chi connectivity index (χ1v) is 8.92. The van der Waals surface area contributed by atoms with Crippen LogP contribution >= 0.6 is 38.5 Å². The number of carbonyl (C=O) groups is 2. The highest BCUT2D eigenvalue weighted by Gasteiger charge is 2.11. The van der Waals surface area contributed by atoms with Crippen molar-refractivity contribution in [2.75, 3.05) is 13.2 Å². The van der Waals surface area contributed by atoms with Crippen molar-refractivity contribution in [3.05, 3.63) is 79.9 Å². The third-order valence-electron chi connectivity index (χ3n) is 2.97. The molecule has 0 saturated carbocycles. The molecule has 0 atom stereocenters. The third kappa shape index (κ3) is 5.76. The maximum absolute atomic E-state index is 11.9. The van der Waals surface area contributed by atoms with E-state index in [2.05, 4.69) is 15.9 Å². The number of esters is 2. The van der Waals surface area contributed by atoms with Crippen LogP contribution in [-0.2, 0) is 9.47 Å². The van der Waals surface area contributed by atoms with Gasteiger partial charge in [-0.15, -0.1) is 0 Å². The summed E-state index contributed by atoms with van der Waals surface area (Å²) >= 11 is 5.40. The molecule has 0 aliphatic rings. The lowest BCUT2D eigenvalue weighted by Gasteiger charge is -2.08. The SMILES string of the molecule is O=C(OC/C(Br)=C(\I)COC(=O)c1ccccc1)c1ccccc1. The van der Waals surface area contributed by atoms with Crippen molar-refractivity contribution < 1.29 is 19.1 Å². The maximum Gasteiger partial charge on any atom is 0.338 e. The number of rotatable bonds is 6. The molecule has 124 valence electrons. The molecule has 0 spiro atoms. The van der Waals surface area contributed by atoms with Gasteiger partial charge in [-0.3, -0.25) is 0 Å². The molecule has 4 nitrogen and oxygen atoms in total. The molecule has 24 heavy (non-hydrogen) atoms. The van der Waals surface area contributed by atoms with Gasteiger partial charge in [0.15, 0.2) is 0 Å². The van der Waals surface area contributed by atoms with Crippen LogP contribution in [0.25, 0.3) is 0 Å². The average molecular weight is 501 g/mol. The zero-order valence-corrected chi connectivity index (χ0v) is 16.3. The van der Waals surface area contributed by atoms with Crippen LogP contribution in [0.5, 0.6) is 0 Å². The van der Waals surface area contributed by atoms with Crippen LogP contribution in [0.1, 0.15) is 20.7 Å². The van der Waals surface area contributed by atoms with Crippen molar-refractivity contribution >= 4 is 50.5 Å². The number of benzene rings is 2. The van der Waals surface area contributed by atoms with E-state index >= 15 is 0 Å². The predicted octanol–water partition coefficient (Wildman–Crippen LogP) is 4.74. The van der Waals surface area contributed by atoms with Gasteiger partial charge in [-0.25, -0.2) is 9.59 Å². The number of halogens is 2. The first-order valence-electron chi connectivity index (χ1n) is 7.05. The zero-order chi connectivity index (χ0) is 17.4. The molecule has 2 aromatic carbocycles. The minimum Gasteiger partial charge on any atom is -0.457 e. The third-order valence-corrected chi connectivity index (χ3v) is 5.38. The lowest BCUT2D eigenvalue weighted by molar-refractivity contribution is 0.0524. The van der Waals surface area contributed by atoms with E-state index in [0.29, 0.717) is 15.6 Å². The lowest BCUT2D eigenvalue weighted by atomic mass is 10.2. The van der Waals surface area contributed by atoms with E-state index in [1.54, 1.807) is 48.5 Å². The number of hydrogen-bond acceptors (Lipinski definition) is 4. The Kier molecular flexibility index (Phi) is 7.45. The molecule has 2 aromatic rings. The normalized spacial score (nSPS) is 11.4. The van der Waals surface area contributed by atoms with Crippen LogP contribution in [0.4, 0.5) is 0 Å². The van der Waals surface area contributed by atoms with Crippen LogP contribution < -0.4 is 0 Å². The molecule has 0 aromatic heterocycles. The Morgan fingerprint density at radius 1 is 0.792 bits per heavy atom. The van der Waals surface area contributed by atoms with Gasteiger partial charge in [-0.1, -0.05) is 52.3 Å². The van der Waals surface area contributed by atoms with Gasteiger partial charge in [0.25, 0.3) is 0 Å². The molecule has 0 saturated heterocycles. The standard InChI is InChI=1S/C18H14BrIO4/c19-15(11-23-17(21)13-7-3-1-4-8-13)16(20)12-24-18(22)14-9-5-2-6-10-14/h1-10H,11-12H2/b16-15+. The highest BCUT2D eigenvalue weighted by Crippen LogP contribution is 2.20. The largest absolute Gasteiger partial charge is 0.457 e. The predicted molar refractivity (Wildman–Crippen MR) is 103 cm³/mol. The fourth-order valence-electron chi connectivity index (χ4n) is 1.73. The molecule has 0 aliphatic heterocycles. The Morgan fingerprint density at radius 2 is 1.21 bits per heavy atom. The molecule has 0 radical (unpaired) electrons. The quantitative estimate of drug-likeness (QED) is 0.424. The van der Waals surface area contributed by atoms with Crippen molar-refractivity contribution in [2.45, 2.75) is 0 Å². The molecule has 0 amide bonds. The molecular weight excluding hydrogens is 487 g/mol. The Balaban J connectivity index is 1.84.